The number of Topliss-reactive ketones (excluding diaryl/α,β-unsaturated/α-hetero) is 2. The molecule has 0 fully saturated rings. The van der Waals surface area contributed by atoms with Crippen molar-refractivity contribution in [3.05, 3.63) is 45.5 Å². The Morgan fingerprint density at radius 1 is 1.32 bits per heavy atom. The van der Waals surface area contributed by atoms with E-state index in [-0.39, 0.29) is 6.10 Å². The molecule has 1 aliphatic carbocycles. The van der Waals surface area contributed by atoms with Crippen molar-refractivity contribution in [2.24, 2.45) is 0 Å². The number of ether oxygens (including phenoxy) is 1. The maximum atomic E-state index is 12.6. The predicted octanol–water partition coefficient (Wildman–Crippen LogP) is 4.09. The zero-order valence-electron chi connectivity index (χ0n) is 13.4. The van der Waals surface area contributed by atoms with Gasteiger partial charge in [-0.1, -0.05) is 30.7 Å². The molecule has 1 aromatic carbocycles. The van der Waals surface area contributed by atoms with E-state index in [2.05, 4.69) is 6.92 Å². The van der Waals surface area contributed by atoms with Crippen LogP contribution in [-0.2, 0) is 9.53 Å². The van der Waals surface area contributed by atoms with Crippen molar-refractivity contribution in [1.82, 2.24) is 0 Å². The van der Waals surface area contributed by atoms with Gasteiger partial charge in [-0.05, 0) is 38.3 Å². The van der Waals surface area contributed by atoms with E-state index in [1.54, 1.807) is 0 Å². The molecule has 3 nitrogen and oxygen atoms in total. The van der Waals surface area contributed by atoms with E-state index < -0.39 is 11.6 Å². The Balaban J connectivity index is 2.28. The van der Waals surface area contributed by atoms with Gasteiger partial charge in [-0.3, -0.25) is 9.59 Å². The third kappa shape index (κ3) is 2.12. The molecule has 1 aliphatic heterocycles. The number of benzene rings is 1. The molecule has 2 aliphatic rings. The molecule has 0 saturated heterocycles. The number of hydrogen-bond donors (Lipinski definition) is 0. The van der Waals surface area contributed by atoms with Gasteiger partial charge in [0.15, 0.2) is 0 Å². The largest absolute Gasteiger partial charge is 0.489 e. The van der Waals surface area contributed by atoms with Crippen molar-refractivity contribution in [3.8, 4) is 0 Å². The summed E-state index contributed by atoms with van der Waals surface area (Å²) in [6.07, 6.45) is 3.40. The van der Waals surface area contributed by atoms with Gasteiger partial charge in [0.05, 0.1) is 0 Å². The van der Waals surface area contributed by atoms with Crippen molar-refractivity contribution in [2.75, 3.05) is 0 Å². The van der Waals surface area contributed by atoms with Gasteiger partial charge in [-0.15, -0.1) is 0 Å². The summed E-state index contributed by atoms with van der Waals surface area (Å²) in [4.78, 5) is 25.1. The standard InChI is InChI=1S/C19H20O3/c1-5-10(2)8-14-11(3)6-7-13-16(14)18(21)17(20)15-9-12(4)22-19(13)15/h6-8,12H,5,9H2,1-4H3/b10-8-. The van der Waals surface area contributed by atoms with Crippen LogP contribution in [0.4, 0.5) is 0 Å². The summed E-state index contributed by atoms with van der Waals surface area (Å²) in [6.45, 7) is 8.00. The van der Waals surface area contributed by atoms with Gasteiger partial charge in [-0.2, -0.15) is 0 Å². The first kappa shape index (κ1) is 14.8. The molecule has 1 heterocycles. The fraction of sp³-hybridized carbons (Fsp3) is 0.368. The van der Waals surface area contributed by atoms with Crippen molar-refractivity contribution in [3.63, 3.8) is 0 Å². The molecule has 3 rings (SSSR count). The first-order valence-corrected chi connectivity index (χ1v) is 7.74. The van der Waals surface area contributed by atoms with E-state index >= 15 is 0 Å². The Bertz CT molecular complexity index is 750. The molecule has 0 saturated carbocycles. The second-order valence-electron chi connectivity index (χ2n) is 6.16. The van der Waals surface area contributed by atoms with Crippen LogP contribution in [0.15, 0.2) is 23.3 Å². The minimum absolute atomic E-state index is 0.0506. The van der Waals surface area contributed by atoms with Crippen LogP contribution in [0.3, 0.4) is 0 Å². The summed E-state index contributed by atoms with van der Waals surface area (Å²) in [5.41, 5.74) is 4.84. The van der Waals surface area contributed by atoms with E-state index in [1.807, 2.05) is 39.0 Å². The fourth-order valence-corrected chi connectivity index (χ4v) is 3.06. The van der Waals surface area contributed by atoms with E-state index in [4.69, 9.17) is 4.74 Å². The smallest absolute Gasteiger partial charge is 0.234 e. The highest BCUT2D eigenvalue weighted by Crippen LogP contribution is 2.40. The molecule has 0 radical (unpaired) electrons. The third-order valence-corrected chi connectivity index (χ3v) is 4.45. The molecule has 0 N–H and O–H groups in total. The van der Waals surface area contributed by atoms with Crippen molar-refractivity contribution in [1.29, 1.82) is 0 Å². The average molecular weight is 296 g/mol. The van der Waals surface area contributed by atoms with Gasteiger partial charge in [-0.25, -0.2) is 0 Å². The first-order chi connectivity index (χ1) is 10.4. The summed E-state index contributed by atoms with van der Waals surface area (Å²) >= 11 is 0. The summed E-state index contributed by atoms with van der Waals surface area (Å²) in [6, 6.07) is 3.90. The molecule has 0 aromatic heterocycles. The lowest BCUT2D eigenvalue weighted by molar-refractivity contribution is -0.112. The molecule has 1 aromatic rings. The van der Waals surface area contributed by atoms with Crippen LogP contribution >= 0.6 is 0 Å². The molecule has 1 atom stereocenters. The SMILES string of the molecule is CC/C(C)=C\c1c(C)ccc2c1C(=O)C(=O)C1=C2OC(C)C1. The lowest BCUT2D eigenvalue weighted by atomic mass is 9.83. The molecule has 0 amide bonds. The monoisotopic (exact) mass is 296 g/mol. The van der Waals surface area contributed by atoms with Crippen LogP contribution < -0.4 is 0 Å². The first-order valence-electron chi connectivity index (χ1n) is 7.74. The molecule has 1 unspecified atom stereocenters. The van der Waals surface area contributed by atoms with E-state index in [1.165, 1.54) is 5.57 Å². The van der Waals surface area contributed by atoms with Crippen LogP contribution in [0, 0.1) is 6.92 Å². The predicted molar refractivity (Wildman–Crippen MR) is 86.5 cm³/mol. The molecule has 0 spiro atoms. The number of fused-ring (bicyclic) bond motifs is 2. The zero-order chi connectivity index (χ0) is 16.0. The minimum Gasteiger partial charge on any atom is -0.489 e. The summed E-state index contributed by atoms with van der Waals surface area (Å²) in [7, 11) is 0. The van der Waals surface area contributed by atoms with E-state index in [0.29, 0.717) is 23.3 Å². The molecule has 22 heavy (non-hydrogen) atoms. The van der Waals surface area contributed by atoms with Crippen molar-refractivity contribution < 1.29 is 14.3 Å². The highest BCUT2D eigenvalue weighted by molar-refractivity contribution is 6.52. The highest BCUT2D eigenvalue weighted by atomic mass is 16.5. The van der Waals surface area contributed by atoms with Gasteiger partial charge in [0.1, 0.15) is 11.9 Å². The second kappa shape index (κ2) is 5.24. The lowest BCUT2D eigenvalue weighted by Gasteiger charge is -2.20. The number of allylic oxidation sites excluding steroid dienone is 1. The Labute approximate surface area is 130 Å². The van der Waals surface area contributed by atoms with Crippen LogP contribution in [0.5, 0.6) is 0 Å². The average Bonchev–Trinajstić information content (AvgIpc) is 2.88. The van der Waals surface area contributed by atoms with Crippen molar-refractivity contribution in [2.45, 2.75) is 46.6 Å². The summed E-state index contributed by atoms with van der Waals surface area (Å²) in [5, 5.41) is 0. The van der Waals surface area contributed by atoms with E-state index in [0.717, 1.165) is 23.1 Å². The quantitative estimate of drug-likeness (QED) is 0.772. The number of ketones is 2. The number of hydrogen-bond acceptors (Lipinski definition) is 3. The maximum Gasteiger partial charge on any atom is 0.234 e. The zero-order valence-corrected chi connectivity index (χ0v) is 13.4. The van der Waals surface area contributed by atoms with Gasteiger partial charge >= 0.3 is 0 Å². The van der Waals surface area contributed by atoms with Gasteiger partial charge in [0.2, 0.25) is 11.6 Å². The number of rotatable bonds is 2. The molecule has 0 bridgehead atoms. The van der Waals surface area contributed by atoms with Crippen LogP contribution in [0.25, 0.3) is 11.8 Å². The Hall–Kier alpha value is -2.16. The number of aryl methyl sites for hydroxylation is 1. The fourth-order valence-electron chi connectivity index (χ4n) is 3.06. The van der Waals surface area contributed by atoms with Gasteiger partial charge < -0.3 is 4.74 Å². The number of carbonyl (C=O) groups excluding carboxylic acids is 2. The number of carbonyl (C=O) groups is 2. The Kier molecular flexibility index (Phi) is 3.51. The Morgan fingerprint density at radius 2 is 2.05 bits per heavy atom. The lowest BCUT2D eigenvalue weighted by Crippen LogP contribution is -2.24. The molecule has 114 valence electrons. The topological polar surface area (TPSA) is 43.4 Å². The maximum absolute atomic E-state index is 12.6. The summed E-state index contributed by atoms with van der Waals surface area (Å²) in [5.74, 6) is -0.192. The van der Waals surface area contributed by atoms with Crippen LogP contribution in [0.2, 0.25) is 0 Å². The van der Waals surface area contributed by atoms with Gasteiger partial charge in [0, 0.05) is 23.1 Å². The molecular weight excluding hydrogens is 276 g/mol. The minimum atomic E-state index is -0.402. The van der Waals surface area contributed by atoms with Gasteiger partial charge in [0.25, 0.3) is 0 Å². The third-order valence-electron chi connectivity index (χ3n) is 4.45. The summed E-state index contributed by atoms with van der Waals surface area (Å²) < 4.78 is 5.82. The second-order valence-corrected chi connectivity index (χ2v) is 6.16. The van der Waals surface area contributed by atoms with Crippen LogP contribution in [0.1, 0.15) is 60.7 Å². The Morgan fingerprint density at radius 3 is 2.73 bits per heavy atom. The highest BCUT2D eigenvalue weighted by Gasteiger charge is 2.40. The molecule has 3 heteroatoms. The van der Waals surface area contributed by atoms with E-state index in [9.17, 15) is 9.59 Å². The molecular formula is C19H20O3. The normalized spacial score (nSPS) is 20.9. The van der Waals surface area contributed by atoms with Crippen molar-refractivity contribution >= 4 is 23.4 Å². The van der Waals surface area contributed by atoms with Crippen LogP contribution in [-0.4, -0.2) is 17.7 Å².